The van der Waals surface area contributed by atoms with E-state index in [0.29, 0.717) is 39.7 Å². The number of nitrogens with one attached hydrogen (secondary N) is 2. The first-order chi connectivity index (χ1) is 19.6. The molecule has 2 N–H and O–H groups in total. The standard InChI is InChI=1S/C28H22ClFN6O4S/c1-17(31-20-7-13-23(14-8-20)41(38,39)35-25-16-15-24(29)32-33-25)26-27(18-3-11-22(40-2)12-4-18)34-36(28(26)37)21-9-5-19(30)6-10-21/h3-16,34H,1-2H3,(H,33,35). The smallest absolute Gasteiger partial charge is 0.280 e. The molecule has 0 aliphatic carbocycles. The molecule has 0 bridgehead atoms. The van der Waals surface area contributed by atoms with Crippen molar-refractivity contribution in [2.45, 2.75) is 11.8 Å². The molecule has 2 heterocycles. The fourth-order valence-corrected chi connectivity index (χ4v) is 5.13. The predicted octanol–water partition coefficient (Wildman–Crippen LogP) is 5.37. The van der Waals surface area contributed by atoms with Crippen LogP contribution in [0.2, 0.25) is 5.15 Å². The van der Waals surface area contributed by atoms with Crippen LogP contribution in [0, 0.1) is 5.82 Å². The van der Waals surface area contributed by atoms with E-state index in [1.165, 1.54) is 65.3 Å². The van der Waals surface area contributed by atoms with Crippen LogP contribution in [0.3, 0.4) is 0 Å². The monoisotopic (exact) mass is 592 g/mol. The third-order valence-electron chi connectivity index (χ3n) is 6.03. The molecule has 10 nitrogen and oxygen atoms in total. The molecule has 0 spiro atoms. The van der Waals surface area contributed by atoms with Crippen molar-refractivity contribution in [3.8, 4) is 22.7 Å². The van der Waals surface area contributed by atoms with E-state index >= 15 is 0 Å². The van der Waals surface area contributed by atoms with Crippen molar-refractivity contribution in [1.29, 1.82) is 0 Å². The molecule has 0 aliphatic heterocycles. The highest BCUT2D eigenvalue weighted by atomic mass is 35.5. The van der Waals surface area contributed by atoms with E-state index in [4.69, 9.17) is 16.3 Å². The summed E-state index contributed by atoms with van der Waals surface area (Å²) in [5.74, 6) is 0.236. The Hall–Kier alpha value is -4.81. The molecule has 0 atom stereocenters. The van der Waals surface area contributed by atoms with Crippen LogP contribution in [0.5, 0.6) is 5.75 Å². The predicted molar refractivity (Wildman–Crippen MR) is 154 cm³/mol. The van der Waals surface area contributed by atoms with Crippen molar-refractivity contribution in [1.82, 2.24) is 20.0 Å². The summed E-state index contributed by atoms with van der Waals surface area (Å²) in [4.78, 5) is 18.2. The fraction of sp³-hybridized carbons (Fsp3) is 0.0714. The van der Waals surface area contributed by atoms with Crippen LogP contribution in [0.15, 0.2) is 99.6 Å². The van der Waals surface area contributed by atoms with E-state index in [1.807, 2.05) is 0 Å². The summed E-state index contributed by atoms with van der Waals surface area (Å²) in [6, 6.07) is 21.3. The minimum atomic E-state index is -3.95. The average Bonchev–Trinajstić information content (AvgIpc) is 3.32. The Bertz CT molecular complexity index is 1890. The fourth-order valence-electron chi connectivity index (χ4n) is 4.03. The second-order valence-electron chi connectivity index (χ2n) is 8.75. The molecule has 0 saturated carbocycles. The van der Waals surface area contributed by atoms with E-state index in [1.54, 1.807) is 38.3 Å². The summed E-state index contributed by atoms with van der Waals surface area (Å²) in [6.45, 7) is 1.68. The number of aromatic amines is 1. The molecule has 5 aromatic rings. The van der Waals surface area contributed by atoms with Crippen LogP contribution in [-0.2, 0) is 10.0 Å². The van der Waals surface area contributed by atoms with Gasteiger partial charge in [-0.2, -0.15) is 0 Å². The lowest BCUT2D eigenvalue weighted by Crippen LogP contribution is -2.19. The Labute approximate surface area is 239 Å². The van der Waals surface area contributed by atoms with Gasteiger partial charge in [0.25, 0.3) is 15.6 Å². The summed E-state index contributed by atoms with van der Waals surface area (Å²) in [5, 5.41) is 10.6. The maximum Gasteiger partial charge on any atom is 0.280 e. The highest BCUT2D eigenvalue weighted by Gasteiger charge is 2.20. The summed E-state index contributed by atoms with van der Waals surface area (Å²) in [5.41, 5.74) is 2.33. The summed E-state index contributed by atoms with van der Waals surface area (Å²) in [7, 11) is -2.39. The van der Waals surface area contributed by atoms with Gasteiger partial charge >= 0.3 is 0 Å². The van der Waals surface area contributed by atoms with Gasteiger partial charge in [0.15, 0.2) is 11.0 Å². The number of H-pyrrole nitrogens is 1. The number of sulfonamides is 1. The van der Waals surface area contributed by atoms with Gasteiger partial charge in [-0.1, -0.05) is 11.6 Å². The molecule has 0 amide bonds. The van der Waals surface area contributed by atoms with E-state index in [2.05, 4.69) is 25.0 Å². The molecule has 41 heavy (non-hydrogen) atoms. The van der Waals surface area contributed by atoms with Gasteiger partial charge in [0, 0.05) is 5.56 Å². The topological polar surface area (TPSA) is 131 Å². The van der Waals surface area contributed by atoms with Gasteiger partial charge in [-0.05, 0) is 91.9 Å². The minimum absolute atomic E-state index is 0.0169. The SMILES string of the molecule is COc1ccc(-c2[nH]n(-c3ccc(F)cc3)c(=O)c2C(C)=Nc2ccc(S(=O)(=O)Nc3ccc(Cl)nn3)cc2)cc1. The molecule has 3 aromatic carbocycles. The first kappa shape index (κ1) is 27.7. The summed E-state index contributed by atoms with van der Waals surface area (Å²) >= 11 is 5.70. The molecule has 0 radical (unpaired) electrons. The molecule has 0 saturated heterocycles. The van der Waals surface area contributed by atoms with Gasteiger partial charge < -0.3 is 4.74 Å². The van der Waals surface area contributed by atoms with Crippen LogP contribution in [-0.4, -0.2) is 41.2 Å². The molecule has 13 heteroatoms. The molecule has 0 aliphatic rings. The molecule has 2 aromatic heterocycles. The first-order valence-electron chi connectivity index (χ1n) is 12.1. The van der Waals surface area contributed by atoms with Crippen LogP contribution < -0.4 is 15.0 Å². The Morgan fingerprint density at radius 2 is 1.66 bits per heavy atom. The van der Waals surface area contributed by atoms with Gasteiger partial charge in [0.2, 0.25) is 0 Å². The number of rotatable bonds is 8. The number of aromatic nitrogens is 4. The van der Waals surface area contributed by atoms with Crippen LogP contribution in [0.1, 0.15) is 12.5 Å². The lowest BCUT2D eigenvalue weighted by atomic mass is 10.0. The summed E-state index contributed by atoms with van der Waals surface area (Å²) < 4.78 is 48.0. The molecular weight excluding hydrogens is 571 g/mol. The number of ether oxygens (including phenoxy) is 1. The van der Waals surface area contributed by atoms with E-state index < -0.39 is 21.4 Å². The Kier molecular flexibility index (Phi) is 7.68. The minimum Gasteiger partial charge on any atom is -0.497 e. The van der Waals surface area contributed by atoms with Gasteiger partial charge in [-0.15, -0.1) is 10.2 Å². The van der Waals surface area contributed by atoms with Gasteiger partial charge in [-0.3, -0.25) is 19.6 Å². The third kappa shape index (κ3) is 6.03. The Morgan fingerprint density at radius 3 is 2.27 bits per heavy atom. The molecule has 0 unspecified atom stereocenters. The highest BCUT2D eigenvalue weighted by molar-refractivity contribution is 7.92. The quantitative estimate of drug-likeness (QED) is 0.233. The largest absolute Gasteiger partial charge is 0.497 e. The van der Waals surface area contributed by atoms with Gasteiger partial charge in [-0.25, -0.2) is 17.5 Å². The number of anilines is 1. The zero-order valence-corrected chi connectivity index (χ0v) is 23.2. The molecule has 5 rings (SSSR count). The first-order valence-corrected chi connectivity index (χ1v) is 13.9. The van der Waals surface area contributed by atoms with Crippen molar-refractivity contribution >= 4 is 38.8 Å². The van der Waals surface area contributed by atoms with Crippen molar-refractivity contribution in [2.75, 3.05) is 11.8 Å². The second-order valence-corrected chi connectivity index (χ2v) is 10.8. The maximum atomic E-state index is 13.6. The van der Waals surface area contributed by atoms with Crippen LogP contribution in [0.4, 0.5) is 15.9 Å². The van der Waals surface area contributed by atoms with E-state index in [-0.39, 0.29) is 15.9 Å². The molecular formula is C28H22ClFN6O4S. The number of nitrogens with zero attached hydrogens (tertiary/aromatic N) is 4. The second kappa shape index (κ2) is 11.4. The number of hydrogen-bond acceptors (Lipinski definition) is 7. The molecule has 0 fully saturated rings. The number of benzene rings is 3. The van der Waals surface area contributed by atoms with Crippen molar-refractivity contribution in [3.63, 3.8) is 0 Å². The van der Waals surface area contributed by atoms with Crippen molar-refractivity contribution in [3.05, 3.63) is 112 Å². The van der Waals surface area contributed by atoms with E-state index in [0.717, 1.165) is 0 Å². The van der Waals surface area contributed by atoms with Crippen LogP contribution >= 0.6 is 11.6 Å². The lowest BCUT2D eigenvalue weighted by Gasteiger charge is -2.07. The van der Waals surface area contributed by atoms with Crippen molar-refractivity contribution < 1.29 is 17.5 Å². The number of halogens is 2. The number of methoxy groups -OCH3 is 1. The normalized spacial score (nSPS) is 11.9. The Balaban J connectivity index is 1.51. The van der Waals surface area contributed by atoms with Gasteiger partial charge in [0.05, 0.1) is 40.3 Å². The third-order valence-corrected chi connectivity index (χ3v) is 7.60. The van der Waals surface area contributed by atoms with Gasteiger partial charge in [0.1, 0.15) is 11.6 Å². The average molecular weight is 593 g/mol. The number of hydrogen-bond donors (Lipinski definition) is 2. The molecule has 208 valence electrons. The number of aliphatic imine (C=N–C) groups is 1. The van der Waals surface area contributed by atoms with Crippen molar-refractivity contribution in [2.24, 2.45) is 4.99 Å². The van der Waals surface area contributed by atoms with Crippen LogP contribution in [0.25, 0.3) is 16.9 Å². The Morgan fingerprint density at radius 1 is 0.976 bits per heavy atom. The maximum absolute atomic E-state index is 13.6. The van der Waals surface area contributed by atoms with E-state index in [9.17, 15) is 17.6 Å². The highest BCUT2D eigenvalue weighted by Crippen LogP contribution is 2.26. The summed E-state index contributed by atoms with van der Waals surface area (Å²) in [6.07, 6.45) is 0. The zero-order chi connectivity index (χ0) is 29.1. The lowest BCUT2D eigenvalue weighted by molar-refractivity contribution is 0.415. The zero-order valence-electron chi connectivity index (χ0n) is 21.7.